The molecule has 1 amide bonds. The summed E-state index contributed by atoms with van der Waals surface area (Å²) in [5.41, 5.74) is 18.7. The van der Waals surface area contributed by atoms with Gasteiger partial charge >= 0.3 is 0 Å². The number of allylic oxidation sites excluding steroid dienone is 2. The van der Waals surface area contributed by atoms with Crippen molar-refractivity contribution in [2.24, 2.45) is 21.5 Å². The molecule has 4 aliphatic rings. The van der Waals surface area contributed by atoms with E-state index in [4.69, 9.17) is 21.6 Å². The molecule has 2 aromatic rings. The lowest BCUT2D eigenvalue weighted by Crippen LogP contribution is -2.36. The number of fused-ring (bicyclic) bond motifs is 2. The minimum atomic E-state index is -2.70. The van der Waals surface area contributed by atoms with E-state index in [0.717, 1.165) is 97.6 Å². The Hall–Kier alpha value is -4.06. The molecule has 1 saturated heterocycles. The summed E-state index contributed by atoms with van der Waals surface area (Å²) in [7, 11) is 1.59. The Kier molecular flexibility index (Phi) is 9.53. The van der Waals surface area contributed by atoms with Crippen LogP contribution in [0.4, 0.5) is 20.3 Å². The molecule has 0 spiro atoms. The van der Waals surface area contributed by atoms with Crippen molar-refractivity contribution in [2.75, 3.05) is 38.1 Å². The molecule has 1 aromatic carbocycles. The second-order valence-corrected chi connectivity index (χ2v) is 12.7. The number of nitrogens with two attached hydrogens (primary N) is 2. The Morgan fingerprint density at radius 3 is 2.63 bits per heavy atom. The molecule has 5 N–H and O–H groups in total. The Bertz CT molecular complexity index is 1590. The number of aromatic nitrogens is 2. The molecule has 1 aromatic heterocycles. The molecule has 10 nitrogen and oxygen atoms in total. The van der Waals surface area contributed by atoms with Gasteiger partial charge in [0.25, 0.3) is 6.43 Å². The van der Waals surface area contributed by atoms with Crippen LogP contribution >= 0.6 is 0 Å². The van der Waals surface area contributed by atoms with Crippen LogP contribution in [-0.2, 0) is 24.2 Å². The van der Waals surface area contributed by atoms with Gasteiger partial charge in [0.1, 0.15) is 0 Å². The van der Waals surface area contributed by atoms with Crippen LogP contribution in [0.5, 0.6) is 0 Å². The molecular weight excluding hydrogens is 588 g/mol. The van der Waals surface area contributed by atoms with E-state index in [0.29, 0.717) is 43.2 Å². The van der Waals surface area contributed by atoms with Crippen molar-refractivity contribution >= 4 is 34.9 Å². The molecule has 1 aliphatic carbocycles. The molecule has 0 radical (unpaired) electrons. The first-order chi connectivity index (χ1) is 22.3. The lowest BCUT2D eigenvalue weighted by atomic mass is 9.88. The molecule has 3 aliphatic heterocycles. The van der Waals surface area contributed by atoms with Gasteiger partial charge in [0, 0.05) is 79.7 Å². The number of carbonyl (C=O) groups excluding carboxylic acids is 1. The summed E-state index contributed by atoms with van der Waals surface area (Å²) in [5.74, 6) is 0.753. The second-order valence-electron chi connectivity index (χ2n) is 12.7. The summed E-state index contributed by atoms with van der Waals surface area (Å²) in [6, 6.07) is 3.84. The van der Waals surface area contributed by atoms with Crippen LogP contribution in [0.25, 0.3) is 5.57 Å². The van der Waals surface area contributed by atoms with Crippen molar-refractivity contribution in [3.8, 4) is 0 Å². The molecule has 6 rings (SSSR count). The van der Waals surface area contributed by atoms with E-state index in [1.54, 1.807) is 26.2 Å². The van der Waals surface area contributed by atoms with E-state index < -0.39 is 6.43 Å². The fourth-order valence-corrected chi connectivity index (χ4v) is 7.47. The van der Waals surface area contributed by atoms with E-state index >= 15 is 0 Å². The van der Waals surface area contributed by atoms with Crippen LogP contribution < -0.4 is 21.7 Å². The highest BCUT2D eigenvalue weighted by atomic mass is 19.3. The van der Waals surface area contributed by atoms with E-state index in [2.05, 4.69) is 19.9 Å². The number of halogens is 2. The number of nitrogens with one attached hydrogen (secondary N) is 1. The molecule has 12 heteroatoms. The first kappa shape index (κ1) is 31.9. The molecule has 1 atom stereocenters. The number of anilines is 2. The largest absolute Gasteiger partial charge is 0.404 e. The quantitative estimate of drug-likeness (QED) is 0.400. The predicted octanol–water partition coefficient (Wildman–Crippen LogP) is 4.57. The van der Waals surface area contributed by atoms with Crippen LogP contribution in [0.15, 0.2) is 40.1 Å². The number of aliphatic imine (C=N–C) groups is 2. The zero-order valence-electron chi connectivity index (χ0n) is 26.8. The number of piperidine rings is 1. The second kappa shape index (κ2) is 13.7. The van der Waals surface area contributed by atoms with Crippen LogP contribution in [0.2, 0.25) is 0 Å². The third-order valence-corrected chi connectivity index (χ3v) is 9.86. The van der Waals surface area contributed by atoms with Crippen molar-refractivity contribution in [3.63, 3.8) is 0 Å². The van der Waals surface area contributed by atoms with Crippen molar-refractivity contribution in [1.29, 1.82) is 0 Å². The van der Waals surface area contributed by atoms with Crippen LogP contribution in [0.3, 0.4) is 0 Å². The molecule has 2 fully saturated rings. The van der Waals surface area contributed by atoms with E-state index in [-0.39, 0.29) is 17.5 Å². The summed E-state index contributed by atoms with van der Waals surface area (Å²) < 4.78 is 31.3. The van der Waals surface area contributed by atoms with Crippen molar-refractivity contribution in [3.05, 3.63) is 58.1 Å². The van der Waals surface area contributed by atoms with E-state index in [9.17, 15) is 13.6 Å². The number of carbonyl (C=O) groups is 1. The monoisotopic (exact) mass is 633 g/mol. The van der Waals surface area contributed by atoms with Crippen molar-refractivity contribution in [2.45, 2.75) is 83.3 Å². The van der Waals surface area contributed by atoms with Gasteiger partial charge in [0.15, 0.2) is 5.82 Å². The molecule has 46 heavy (non-hydrogen) atoms. The predicted molar refractivity (Wildman–Crippen MR) is 179 cm³/mol. The van der Waals surface area contributed by atoms with E-state index in [1.165, 1.54) is 12.4 Å². The van der Waals surface area contributed by atoms with Crippen molar-refractivity contribution in [1.82, 2.24) is 20.0 Å². The summed E-state index contributed by atoms with van der Waals surface area (Å²) in [5, 5.41) is 8.67. The van der Waals surface area contributed by atoms with Gasteiger partial charge in [-0.15, -0.1) is 0 Å². The maximum atomic E-state index is 14.6. The zero-order valence-corrected chi connectivity index (χ0v) is 26.8. The molecule has 0 bridgehead atoms. The average Bonchev–Trinajstić information content (AvgIpc) is 3.45. The number of hydrogen-bond acceptors (Lipinski definition) is 8. The molecule has 1 unspecified atom stereocenters. The van der Waals surface area contributed by atoms with Gasteiger partial charge in [-0.3, -0.25) is 19.5 Å². The van der Waals surface area contributed by atoms with Gasteiger partial charge in [0.2, 0.25) is 5.91 Å². The molecule has 1 saturated carbocycles. The lowest BCUT2D eigenvalue weighted by molar-refractivity contribution is -0.129. The SMILES string of the molecule is CN=C/C(=C\N)c1cc2c(cc1C(F)F)N(c1nn(C3CCC(=NC4CCNCC4)/C(=C\N)C3)c3c1CN(C(C)=O)CC3)CCC2. The summed E-state index contributed by atoms with van der Waals surface area (Å²) in [6.45, 7) is 5.26. The van der Waals surface area contributed by atoms with Gasteiger partial charge in [-0.2, -0.15) is 5.10 Å². The first-order valence-corrected chi connectivity index (χ1v) is 16.4. The summed E-state index contributed by atoms with van der Waals surface area (Å²) in [6.07, 6.45) is 8.62. The lowest BCUT2D eigenvalue weighted by Gasteiger charge is -2.33. The fraction of sp³-hybridized carbons (Fsp3) is 0.529. The highest BCUT2D eigenvalue weighted by Crippen LogP contribution is 2.43. The Morgan fingerprint density at radius 1 is 1.13 bits per heavy atom. The van der Waals surface area contributed by atoms with Crippen LogP contribution in [-0.4, -0.2) is 71.8 Å². The van der Waals surface area contributed by atoms with Crippen molar-refractivity contribution < 1.29 is 13.6 Å². The highest BCUT2D eigenvalue weighted by Gasteiger charge is 2.35. The third-order valence-electron chi connectivity index (χ3n) is 9.86. The number of amides is 1. The zero-order chi connectivity index (χ0) is 32.4. The average molecular weight is 634 g/mol. The number of hydrogen-bond donors (Lipinski definition) is 3. The summed E-state index contributed by atoms with van der Waals surface area (Å²) >= 11 is 0. The van der Waals surface area contributed by atoms with E-state index in [1.807, 2.05) is 11.0 Å². The normalized spacial score (nSPS) is 23.1. The topological polar surface area (TPSA) is 130 Å². The first-order valence-electron chi connectivity index (χ1n) is 16.4. The third kappa shape index (κ3) is 6.19. The van der Waals surface area contributed by atoms with Crippen LogP contribution in [0.1, 0.15) is 85.9 Å². The Balaban J connectivity index is 1.39. The smallest absolute Gasteiger partial charge is 0.264 e. The molecule has 4 heterocycles. The summed E-state index contributed by atoms with van der Waals surface area (Å²) in [4.78, 5) is 25.6. The van der Waals surface area contributed by atoms with Gasteiger partial charge in [-0.05, 0) is 93.1 Å². The molecular formula is C34H45F2N9O. The van der Waals surface area contributed by atoms with Gasteiger partial charge < -0.3 is 26.6 Å². The number of rotatable bonds is 6. The van der Waals surface area contributed by atoms with Gasteiger partial charge in [-0.1, -0.05) is 0 Å². The fourth-order valence-electron chi connectivity index (χ4n) is 7.47. The maximum Gasteiger partial charge on any atom is 0.264 e. The number of benzene rings is 1. The standard InChI is InChI=1S/C34H45F2N9O/c1-21(46)43-13-9-31-29(20-43)34(42-45(31)26-5-6-30(23(14-26)17-37)41-25-7-10-40-11-8-25)44-12-3-4-22-15-27(24(18-38)19-39-2)28(33(35)36)16-32(22)44/h15-19,25-26,33,40H,3-14,20,37-38H2,1-2H3/b23-17-,24-18+,39-19?,41-30?. The Morgan fingerprint density at radius 2 is 1.93 bits per heavy atom. The highest BCUT2D eigenvalue weighted by molar-refractivity contribution is 6.10. The van der Waals surface area contributed by atoms with Gasteiger partial charge in [-0.25, -0.2) is 8.78 Å². The maximum absolute atomic E-state index is 14.6. The van der Waals surface area contributed by atoms with Crippen LogP contribution in [0, 0.1) is 0 Å². The molecule has 246 valence electrons. The minimum absolute atomic E-state index is 0.0106. The number of aryl methyl sites for hydroxylation is 1. The number of alkyl halides is 2. The Labute approximate surface area is 269 Å². The minimum Gasteiger partial charge on any atom is -0.404 e. The van der Waals surface area contributed by atoms with Gasteiger partial charge in [0.05, 0.1) is 18.6 Å². The number of nitrogens with zero attached hydrogens (tertiary/aromatic N) is 6.